The van der Waals surface area contributed by atoms with Crippen molar-refractivity contribution in [1.82, 2.24) is 9.38 Å². The lowest BCUT2D eigenvalue weighted by atomic mass is 10.2. The highest BCUT2D eigenvalue weighted by Gasteiger charge is 2.14. The Morgan fingerprint density at radius 2 is 2.04 bits per heavy atom. The van der Waals surface area contributed by atoms with Gasteiger partial charge in [-0.25, -0.2) is 9.78 Å². The monoisotopic (exact) mass is 330 g/mol. The zero-order valence-electron chi connectivity index (χ0n) is 12.5. The molecule has 5 nitrogen and oxygen atoms in total. The number of esters is 1. The van der Waals surface area contributed by atoms with Gasteiger partial charge in [-0.05, 0) is 36.8 Å². The predicted molar refractivity (Wildman–Crippen MR) is 86.9 cm³/mol. The standard InChI is InChI=1S/C17H15ClN2O3/c1-2-22-17(21)14-10-20-9-3-4-15(16(20)19-14)23-11-12-5-7-13(18)8-6-12/h3-10H,2,11H2,1H3. The molecule has 2 heterocycles. The SMILES string of the molecule is CCOC(=O)c1cn2cccc(OCc3ccc(Cl)cc3)c2n1. The molecule has 3 aromatic rings. The van der Waals surface area contributed by atoms with E-state index < -0.39 is 5.97 Å². The number of imidazole rings is 1. The Bertz CT molecular complexity index is 827. The summed E-state index contributed by atoms with van der Waals surface area (Å²) in [5.74, 6) is 0.151. The van der Waals surface area contributed by atoms with Gasteiger partial charge in [-0.3, -0.25) is 0 Å². The summed E-state index contributed by atoms with van der Waals surface area (Å²) in [5, 5.41) is 0.684. The largest absolute Gasteiger partial charge is 0.485 e. The van der Waals surface area contributed by atoms with Crippen LogP contribution in [-0.4, -0.2) is 22.0 Å². The topological polar surface area (TPSA) is 52.8 Å². The fourth-order valence-corrected chi connectivity index (χ4v) is 2.27. The minimum absolute atomic E-state index is 0.259. The van der Waals surface area contributed by atoms with Gasteiger partial charge >= 0.3 is 5.97 Å². The summed E-state index contributed by atoms with van der Waals surface area (Å²) in [7, 11) is 0. The number of fused-ring (bicyclic) bond motifs is 1. The summed E-state index contributed by atoms with van der Waals surface area (Å²) in [6.45, 7) is 2.46. The minimum atomic E-state index is -0.445. The van der Waals surface area contributed by atoms with E-state index in [9.17, 15) is 4.79 Å². The molecule has 0 fully saturated rings. The van der Waals surface area contributed by atoms with Crippen LogP contribution in [0.2, 0.25) is 5.02 Å². The van der Waals surface area contributed by atoms with Crippen molar-refractivity contribution in [3.8, 4) is 5.75 Å². The van der Waals surface area contributed by atoms with Gasteiger partial charge in [-0.1, -0.05) is 23.7 Å². The number of carbonyl (C=O) groups excluding carboxylic acids is 1. The van der Waals surface area contributed by atoms with E-state index in [-0.39, 0.29) is 5.69 Å². The van der Waals surface area contributed by atoms with E-state index in [1.165, 1.54) is 0 Å². The average Bonchev–Trinajstić information content (AvgIpc) is 2.99. The maximum Gasteiger partial charge on any atom is 0.358 e. The molecule has 0 unspecified atom stereocenters. The second-order valence-electron chi connectivity index (χ2n) is 4.87. The molecule has 0 aliphatic carbocycles. The number of nitrogens with zero attached hydrogens (tertiary/aromatic N) is 2. The van der Waals surface area contributed by atoms with Gasteiger partial charge in [-0.15, -0.1) is 0 Å². The lowest BCUT2D eigenvalue weighted by molar-refractivity contribution is 0.0520. The lowest BCUT2D eigenvalue weighted by Crippen LogP contribution is -2.04. The molecule has 0 saturated carbocycles. The van der Waals surface area contributed by atoms with Crippen molar-refractivity contribution in [2.45, 2.75) is 13.5 Å². The van der Waals surface area contributed by atoms with E-state index >= 15 is 0 Å². The van der Waals surface area contributed by atoms with Crippen molar-refractivity contribution in [3.05, 3.63) is 65.1 Å². The molecular formula is C17H15ClN2O3. The van der Waals surface area contributed by atoms with Gasteiger partial charge in [0.2, 0.25) is 0 Å². The maximum atomic E-state index is 11.8. The van der Waals surface area contributed by atoms with Crippen molar-refractivity contribution in [2.75, 3.05) is 6.61 Å². The van der Waals surface area contributed by atoms with Crippen LogP contribution in [0.1, 0.15) is 23.0 Å². The van der Waals surface area contributed by atoms with Crippen molar-refractivity contribution in [2.24, 2.45) is 0 Å². The van der Waals surface area contributed by atoms with Crippen LogP contribution < -0.4 is 4.74 Å². The van der Waals surface area contributed by atoms with Crippen LogP contribution in [-0.2, 0) is 11.3 Å². The van der Waals surface area contributed by atoms with Crippen LogP contribution >= 0.6 is 11.6 Å². The smallest absolute Gasteiger partial charge is 0.358 e. The molecule has 23 heavy (non-hydrogen) atoms. The number of pyridine rings is 1. The van der Waals surface area contributed by atoms with Gasteiger partial charge in [0.1, 0.15) is 6.61 Å². The van der Waals surface area contributed by atoms with E-state index in [4.69, 9.17) is 21.1 Å². The number of carbonyl (C=O) groups is 1. The fourth-order valence-electron chi connectivity index (χ4n) is 2.15. The third kappa shape index (κ3) is 3.46. The van der Waals surface area contributed by atoms with Crippen LogP contribution in [0.3, 0.4) is 0 Å². The van der Waals surface area contributed by atoms with Gasteiger partial charge in [0.15, 0.2) is 17.1 Å². The van der Waals surface area contributed by atoms with E-state index in [1.54, 1.807) is 23.7 Å². The summed E-state index contributed by atoms with van der Waals surface area (Å²) in [6.07, 6.45) is 3.43. The van der Waals surface area contributed by atoms with Crippen LogP contribution in [0.25, 0.3) is 5.65 Å². The average molecular weight is 331 g/mol. The van der Waals surface area contributed by atoms with E-state index in [0.717, 1.165) is 5.56 Å². The molecule has 0 amide bonds. The zero-order valence-corrected chi connectivity index (χ0v) is 13.3. The maximum absolute atomic E-state index is 11.8. The van der Waals surface area contributed by atoms with E-state index in [2.05, 4.69) is 4.98 Å². The summed E-state index contributed by atoms with van der Waals surface area (Å²) in [6, 6.07) is 11.1. The summed E-state index contributed by atoms with van der Waals surface area (Å²) < 4.78 is 12.5. The molecule has 0 aliphatic rings. The highest BCUT2D eigenvalue weighted by Crippen LogP contribution is 2.21. The number of aromatic nitrogens is 2. The highest BCUT2D eigenvalue weighted by molar-refractivity contribution is 6.30. The first-order valence-electron chi connectivity index (χ1n) is 7.19. The van der Waals surface area contributed by atoms with Gasteiger partial charge < -0.3 is 13.9 Å². The summed E-state index contributed by atoms with van der Waals surface area (Å²) in [5.41, 5.74) is 1.83. The van der Waals surface area contributed by atoms with Crippen molar-refractivity contribution >= 4 is 23.2 Å². The second kappa shape index (κ2) is 6.71. The summed E-state index contributed by atoms with van der Waals surface area (Å²) >= 11 is 5.87. The molecule has 0 radical (unpaired) electrons. The lowest BCUT2D eigenvalue weighted by Gasteiger charge is -2.07. The number of halogens is 1. The van der Waals surface area contributed by atoms with Gasteiger partial charge in [0, 0.05) is 17.4 Å². The first-order chi connectivity index (χ1) is 11.2. The summed E-state index contributed by atoms with van der Waals surface area (Å²) in [4.78, 5) is 16.1. The van der Waals surface area contributed by atoms with Crippen molar-refractivity contribution in [1.29, 1.82) is 0 Å². The van der Waals surface area contributed by atoms with Gasteiger partial charge in [0.25, 0.3) is 0 Å². The third-order valence-electron chi connectivity index (χ3n) is 3.24. The number of hydrogen-bond acceptors (Lipinski definition) is 4. The number of rotatable bonds is 5. The van der Waals surface area contributed by atoms with Gasteiger partial charge in [0.05, 0.1) is 6.61 Å². The van der Waals surface area contributed by atoms with Crippen molar-refractivity contribution in [3.63, 3.8) is 0 Å². The van der Waals surface area contributed by atoms with Gasteiger partial charge in [-0.2, -0.15) is 0 Å². The number of benzene rings is 1. The molecule has 118 valence electrons. The Labute approximate surface area is 138 Å². The third-order valence-corrected chi connectivity index (χ3v) is 3.49. The first-order valence-corrected chi connectivity index (χ1v) is 7.57. The molecule has 0 aliphatic heterocycles. The number of ether oxygens (including phenoxy) is 2. The normalized spacial score (nSPS) is 10.7. The Hall–Kier alpha value is -2.53. The molecule has 1 aromatic carbocycles. The Balaban J connectivity index is 1.82. The molecule has 6 heteroatoms. The first kappa shape index (κ1) is 15.4. The predicted octanol–water partition coefficient (Wildman–Crippen LogP) is 3.74. The van der Waals surface area contributed by atoms with E-state index in [1.807, 2.05) is 36.4 Å². The minimum Gasteiger partial charge on any atom is -0.485 e. The highest BCUT2D eigenvalue weighted by atomic mass is 35.5. The molecule has 0 atom stereocenters. The molecule has 0 N–H and O–H groups in total. The van der Waals surface area contributed by atoms with Crippen LogP contribution in [0, 0.1) is 0 Å². The molecule has 0 bridgehead atoms. The number of hydrogen-bond donors (Lipinski definition) is 0. The quantitative estimate of drug-likeness (QED) is 0.669. The fraction of sp³-hybridized carbons (Fsp3) is 0.176. The Morgan fingerprint density at radius 3 is 2.78 bits per heavy atom. The molecule has 0 saturated heterocycles. The Morgan fingerprint density at radius 1 is 1.26 bits per heavy atom. The zero-order chi connectivity index (χ0) is 16.2. The molecule has 2 aromatic heterocycles. The molecule has 3 rings (SSSR count). The molecule has 0 spiro atoms. The molecular weight excluding hydrogens is 316 g/mol. The Kier molecular flexibility index (Phi) is 4.48. The second-order valence-corrected chi connectivity index (χ2v) is 5.30. The van der Waals surface area contributed by atoms with Crippen LogP contribution in [0.5, 0.6) is 5.75 Å². The van der Waals surface area contributed by atoms with E-state index in [0.29, 0.717) is 29.6 Å². The van der Waals surface area contributed by atoms with Crippen molar-refractivity contribution < 1.29 is 14.3 Å². The van der Waals surface area contributed by atoms with Crippen LogP contribution in [0.15, 0.2) is 48.8 Å². The van der Waals surface area contributed by atoms with Crippen LogP contribution in [0.4, 0.5) is 0 Å².